The molecular formula is C20H32N2O2. The molecule has 24 heavy (non-hydrogen) atoms. The molecule has 4 heteroatoms. The van der Waals surface area contributed by atoms with E-state index in [4.69, 9.17) is 20.9 Å². The predicted octanol–water partition coefficient (Wildman–Crippen LogP) is 3.75. The maximum Gasteiger partial charge on any atom is 0.118 e. The van der Waals surface area contributed by atoms with Crippen LogP contribution in [-0.2, 0) is 9.47 Å². The van der Waals surface area contributed by atoms with E-state index in [0.717, 1.165) is 23.5 Å². The molecule has 1 rings (SSSR count). The second kappa shape index (κ2) is 12.4. The van der Waals surface area contributed by atoms with Crippen molar-refractivity contribution in [3.8, 4) is 0 Å². The lowest BCUT2D eigenvalue weighted by atomic mass is 9.85. The van der Waals surface area contributed by atoms with Crippen molar-refractivity contribution >= 4 is 0 Å². The zero-order valence-corrected chi connectivity index (χ0v) is 15.4. The van der Waals surface area contributed by atoms with Gasteiger partial charge in [-0.3, -0.25) is 0 Å². The molecule has 1 aliphatic carbocycles. The summed E-state index contributed by atoms with van der Waals surface area (Å²) in [5.74, 6) is 1.53. The van der Waals surface area contributed by atoms with Crippen LogP contribution < -0.4 is 11.5 Å². The summed E-state index contributed by atoms with van der Waals surface area (Å²) in [6.07, 6.45) is 16.6. The second-order valence-electron chi connectivity index (χ2n) is 5.05. The summed E-state index contributed by atoms with van der Waals surface area (Å²) in [7, 11) is 3.27. The van der Waals surface area contributed by atoms with Crippen LogP contribution in [0.25, 0.3) is 0 Å². The van der Waals surface area contributed by atoms with Gasteiger partial charge in [0.15, 0.2) is 0 Å². The van der Waals surface area contributed by atoms with Gasteiger partial charge in [0, 0.05) is 6.54 Å². The Balaban J connectivity index is 0.00000254. The molecular weight excluding hydrogens is 300 g/mol. The number of ether oxygens (including phenoxy) is 2. The highest BCUT2D eigenvalue weighted by Gasteiger charge is 2.26. The third-order valence-corrected chi connectivity index (χ3v) is 3.59. The van der Waals surface area contributed by atoms with Crippen LogP contribution >= 0.6 is 0 Å². The smallest absolute Gasteiger partial charge is 0.118 e. The van der Waals surface area contributed by atoms with Crippen LogP contribution in [0.5, 0.6) is 0 Å². The van der Waals surface area contributed by atoms with Crippen LogP contribution in [0.3, 0.4) is 0 Å². The van der Waals surface area contributed by atoms with Crippen molar-refractivity contribution in [2.24, 2.45) is 11.5 Å². The van der Waals surface area contributed by atoms with Crippen LogP contribution in [0, 0.1) is 0 Å². The van der Waals surface area contributed by atoms with E-state index in [0.29, 0.717) is 13.0 Å². The second-order valence-corrected chi connectivity index (χ2v) is 5.05. The molecule has 0 aromatic carbocycles. The molecule has 0 radical (unpaired) electrons. The normalized spacial score (nSPS) is 17.0. The summed E-state index contributed by atoms with van der Waals surface area (Å²) in [6.45, 7) is 8.01. The van der Waals surface area contributed by atoms with Crippen LogP contribution in [-0.4, -0.2) is 26.3 Å². The van der Waals surface area contributed by atoms with Crippen molar-refractivity contribution in [3.05, 3.63) is 72.3 Å². The topological polar surface area (TPSA) is 70.5 Å². The van der Waals surface area contributed by atoms with E-state index in [1.54, 1.807) is 26.4 Å². The summed E-state index contributed by atoms with van der Waals surface area (Å²) in [5, 5.41) is 0. The number of nitrogens with two attached hydrogens (primary N) is 2. The maximum atomic E-state index is 6.50. The quantitative estimate of drug-likeness (QED) is 0.524. The highest BCUT2D eigenvalue weighted by atomic mass is 16.5. The first-order valence-corrected chi connectivity index (χ1v) is 8.23. The third-order valence-electron chi connectivity index (χ3n) is 3.59. The Kier molecular flexibility index (Phi) is 11.3. The number of methoxy groups -OCH3 is 2. The van der Waals surface area contributed by atoms with Gasteiger partial charge in [0.25, 0.3) is 0 Å². The zero-order chi connectivity index (χ0) is 18.4. The predicted molar refractivity (Wildman–Crippen MR) is 103 cm³/mol. The average molecular weight is 332 g/mol. The molecule has 0 saturated heterocycles. The van der Waals surface area contributed by atoms with Gasteiger partial charge >= 0.3 is 0 Å². The molecule has 0 heterocycles. The first-order valence-electron chi connectivity index (χ1n) is 8.23. The summed E-state index contributed by atoms with van der Waals surface area (Å²) in [5.41, 5.74) is 12.9. The minimum atomic E-state index is -0.590. The molecule has 0 amide bonds. The first-order chi connectivity index (χ1) is 11.6. The summed E-state index contributed by atoms with van der Waals surface area (Å²) >= 11 is 0. The van der Waals surface area contributed by atoms with E-state index in [2.05, 4.69) is 6.58 Å². The average Bonchev–Trinajstić information content (AvgIpc) is 2.88. The molecule has 4 N–H and O–H groups in total. The molecule has 0 aromatic heterocycles. The lowest BCUT2D eigenvalue weighted by Crippen LogP contribution is -2.48. The Morgan fingerprint density at radius 2 is 2.04 bits per heavy atom. The Morgan fingerprint density at radius 3 is 2.58 bits per heavy atom. The standard InChI is InChI=1S/C18H26N2O2.C2H6/c1-4-7-16(21-2)10-6-13-18(20,14-19)15-8-5-9-17(22-3)12-11-15;1-2/h4-7,9-12H,1,8,13-14,19-20H2,2-3H3;1-2H3/b10-6-,16-7+;. The number of rotatable bonds is 8. The molecule has 0 aromatic rings. The molecule has 0 aliphatic heterocycles. The lowest BCUT2D eigenvalue weighted by Gasteiger charge is -2.29. The molecule has 1 atom stereocenters. The molecule has 1 aliphatic rings. The summed E-state index contributed by atoms with van der Waals surface area (Å²) in [6, 6.07) is 0. The number of hydrogen-bond donors (Lipinski definition) is 2. The van der Waals surface area contributed by atoms with Crippen molar-refractivity contribution in [3.63, 3.8) is 0 Å². The van der Waals surface area contributed by atoms with Crippen LogP contribution in [0.2, 0.25) is 0 Å². The minimum Gasteiger partial charge on any atom is -0.497 e. The molecule has 0 fully saturated rings. The van der Waals surface area contributed by atoms with Crippen LogP contribution in [0.15, 0.2) is 72.3 Å². The fraction of sp³-hybridized carbons (Fsp3) is 0.400. The maximum absolute atomic E-state index is 6.50. The Labute approximate surface area is 146 Å². The van der Waals surface area contributed by atoms with E-state index in [-0.39, 0.29) is 0 Å². The largest absolute Gasteiger partial charge is 0.497 e. The van der Waals surface area contributed by atoms with E-state index >= 15 is 0 Å². The zero-order valence-electron chi connectivity index (χ0n) is 15.4. The Hall–Kier alpha value is -2.04. The number of allylic oxidation sites excluding steroid dienone is 7. The van der Waals surface area contributed by atoms with Gasteiger partial charge in [-0.15, -0.1) is 0 Å². The van der Waals surface area contributed by atoms with Gasteiger partial charge in [0.1, 0.15) is 11.5 Å². The van der Waals surface area contributed by atoms with Gasteiger partial charge in [-0.2, -0.15) is 0 Å². The lowest BCUT2D eigenvalue weighted by molar-refractivity contribution is 0.306. The van der Waals surface area contributed by atoms with E-state index in [1.165, 1.54) is 0 Å². The van der Waals surface area contributed by atoms with Gasteiger partial charge < -0.3 is 20.9 Å². The summed E-state index contributed by atoms with van der Waals surface area (Å²) < 4.78 is 10.4. The highest BCUT2D eigenvalue weighted by Crippen LogP contribution is 2.24. The minimum absolute atomic E-state index is 0.362. The van der Waals surface area contributed by atoms with Crippen molar-refractivity contribution in [1.29, 1.82) is 0 Å². The van der Waals surface area contributed by atoms with E-state index < -0.39 is 5.54 Å². The van der Waals surface area contributed by atoms with E-state index in [1.807, 2.05) is 50.3 Å². The van der Waals surface area contributed by atoms with Gasteiger partial charge in [-0.25, -0.2) is 0 Å². The summed E-state index contributed by atoms with van der Waals surface area (Å²) in [4.78, 5) is 0. The molecule has 1 unspecified atom stereocenters. The van der Waals surface area contributed by atoms with Crippen molar-refractivity contribution in [2.45, 2.75) is 32.2 Å². The molecule has 0 saturated carbocycles. The van der Waals surface area contributed by atoms with E-state index in [9.17, 15) is 0 Å². The molecule has 4 nitrogen and oxygen atoms in total. The fourth-order valence-electron chi connectivity index (χ4n) is 2.15. The van der Waals surface area contributed by atoms with Gasteiger partial charge in [0.05, 0.1) is 19.8 Å². The van der Waals surface area contributed by atoms with Crippen molar-refractivity contribution < 1.29 is 9.47 Å². The number of hydrogen-bond acceptors (Lipinski definition) is 4. The third kappa shape index (κ3) is 7.02. The molecule has 0 spiro atoms. The fourth-order valence-corrected chi connectivity index (χ4v) is 2.15. The molecule has 0 bridgehead atoms. The van der Waals surface area contributed by atoms with Crippen molar-refractivity contribution in [1.82, 2.24) is 0 Å². The monoisotopic (exact) mass is 332 g/mol. The Bertz CT molecular complexity index is 528. The van der Waals surface area contributed by atoms with Crippen LogP contribution in [0.1, 0.15) is 26.7 Å². The highest BCUT2D eigenvalue weighted by molar-refractivity contribution is 5.34. The SMILES string of the molecule is C=C/C=C(\C=C/CC(N)(CN)C1=CC=C(OC)C=CC1)OC.CC. The van der Waals surface area contributed by atoms with Crippen LogP contribution in [0.4, 0.5) is 0 Å². The molecule has 134 valence electrons. The van der Waals surface area contributed by atoms with Gasteiger partial charge in [0.2, 0.25) is 0 Å². The first kappa shape index (κ1) is 22.0. The Morgan fingerprint density at radius 1 is 1.33 bits per heavy atom. The van der Waals surface area contributed by atoms with Gasteiger partial charge in [-0.05, 0) is 42.7 Å². The van der Waals surface area contributed by atoms with Gasteiger partial charge in [-0.1, -0.05) is 44.7 Å². The van der Waals surface area contributed by atoms with Crippen molar-refractivity contribution in [2.75, 3.05) is 20.8 Å².